The van der Waals surface area contributed by atoms with E-state index in [0.29, 0.717) is 11.4 Å². The molecule has 0 saturated heterocycles. The van der Waals surface area contributed by atoms with Crippen LogP contribution in [0.2, 0.25) is 0 Å². The number of hydrogen-bond acceptors (Lipinski definition) is 2. The molecule has 0 aliphatic heterocycles. The monoisotopic (exact) mass is 289 g/mol. The molecule has 0 aliphatic rings. The van der Waals surface area contributed by atoms with Crippen LogP contribution in [-0.4, -0.2) is 12.3 Å². The van der Waals surface area contributed by atoms with Gasteiger partial charge in [-0.05, 0) is 48.5 Å². The summed E-state index contributed by atoms with van der Waals surface area (Å²) in [5.41, 5.74) is 1.38. The number of nitrogens with zero attached hydrogens (tertiary/aromatic N) is 1. The fraction of sp³-hybridized carbons (Fsp3) is 0.235. The SMILES string of the molecule is CC(C)C(=O)CN(c1ccc(F)cc1)c1ccc(F)cc1. The van der Waals surface area contributed by atoms with Crippen molar-refractivity contribution in [1.82, 2.24) is 0 Å². The van der Waals surface area contributed by atoms with E-state index in [1.54, 1.807) is 29.2 Å². The first kappa shape index (κ1) is 15.2. The molecule has 0 saturated carbocycles. The molecule has 0 radical (unpaired) electrons. The molecule has 4 heteroatoms. The summed E-state index contributed by atoms with van der Waals surface area (Å²) in [4.78, 5) is 13.8. The zero-order valence-electron chi connectivity index (χ0n) is 12.0. The highest BCUT2D eigenvalue weighted by atomic mass is 19.1. The second kappa shape index (κ2) is 6.48. The minimum absolute atomic E-state index is 0.0589. The number of benzene rings is 2. The lowest BCUT2D eigenvalue weighted by Crippen LogP contribution is -2.28. The van der Waals surface area contributed by atoms with Gasteiger partial charge in [-0.25, -0.2) is 8.78 Å². The number of rotatable bonds is 5. The van der Waals surface area contributed by atoms with Gasteiger partial charge in [-0.3, -0.25) is 4.79 Å². The third kappa shape index (κ3) is 3.88. The van der Waals surface area contributed by atoms with Gasteiger partial charge in [-0.2, -0.15) is 0 Å². The molecule has 110 valence electrons. The van der Waals surface area contributed by atoms with Gasteiger partial charge in [0, 0.05) is 17.3 Å². The van der Waals surface area contributed by atoms with Gasteiger partial charge in [-0.15, -0.1) is 0 Å². The van der Waals surface area contributed by atoms with Crippen LogP contribution in [0.4, 0.5) is 20.2 Å². The van der Waals surface area contributed by atoms with Crippen LogP contribution in [0.5, 0.6) is 0 Å². The summed E-state index contributed by atoms with van der Waals surface area (Å²) in [5, 5.41) is 0. The number of hydrogen-bond donors (Lipinski definition) is 0. The van der Waals surface area contributed by atoms with Gasteiger partial charge in [0.15, 0.2) is 5.78 Å². The molecule has 0 fully saturated rings. The Kier molecular flexibility index (Phi) is 4.68. The maximum atomic E-state index is 13.1. The zero-order chi connectivity index (χ0) is 15.4. The van der Waals surface area contributed by atoms with Gasteiger partial charge >= 0.3 is 0 Å². The average Bonchev–Trinajstić information content (AvgIpc) is 2.46. The molecule has 2 nitrogen and oxygen atoms in total. The van der Waals surface area contributed by atoms with E-state index in [0.717, 1.165) is 0 Å². The molecule has 2 aromatic rings. The Balaban J connectivity index is 2.36. The first-order valence-corrected chi connectivity index (χ1v) is 6.79. The summed E-state index contributed by atoms with van der Waals surface area (Å²) in [6.07, 6.45) is 0. The fourth-order valence-electron chi connectivity index (χ4n) is 1.91. The van der Waals surface area contributed by atoms with Gasteiger partial charge in [0.25, 0.3) is 0 Å². The maximum absolute atomic E-state index is 13.1. The van der Waals surface area contributed by atoms with Gasteiger partial charge < -0.3 is 4.90 Å². The molecule has 0 aromatic heterocycles. The number of carbonyl (C=O) groups is 1. The molecule has 21 heavy (non-hydrogen) atoms. The molecule has 0 spiro atoms. The molecule has 0 N–H and O–H groups in total. The summed E-state index contributed by atoms with van der Waals surface area (Å²) >= 11 is 0. The van der Waals surface area contributed by atoms with E-state index in [-0.39, 0.29) is 29.9 Å². The molecule has 0 atom stereocenters. The van der Waals surface area contributed by atoms with Crippen molar-refractivity contribution in [3.63, 3.8) is 0 Å². The number of halogens is 2. The molecule has 0 aliphatic carbocycles. The van der Waals surface area contributed by atoms with E-state index in [4.69, 9.17) is 0 Å². The first-order valence-electron chi connectivity index (χ1n) is 6.79. The Labute approximate surface area is 123 Å². The Morgan fingerprint density at radius 1 is 0.905 bits per heavy atom. The highest BCUT2D eigenvalue weighted by Gasteiger charge is 2.16. The van der Waals surface area contributed by atoms with Crippen LogP contribution >= 0.6 is 0 Å². The lowest BCUT2D eigenvalue weighted by atomic mass is 10.1. The Hall–Kier alpha value is -2.23. The molecular formula is C17H17F2NO. The number of ketones is 1. The average molecular weight is 289 g/mol. The van der Waals surface area contributed by atoms with E-state index >= 15 is 0 Å². The van der Waals surface area contributed by atoms with Gasteiger partial charge in [0.2, 0.25) is 0 Å². The predicted octanol–water partition coefficient (Wildman–Crippen LogP) is 4.33. The summed E-state index contributed by atoms with van der Waals surface area (Å²) in [7, 11) is 0. The topological polar surface area (TPSA) is 20.3 Å². The summed E-state index contributed by atoms with van der Waals surface area (Å²) < 4.78 is 26.1. The molecule has 0 bridgehead atoms. The maximum Gasteiger partial charge on any atom is 0.155 e. The number of anilines is 2. The lowest BCUT2D eigenvalue weighted by Gasteiger charge is -2.25. The van der Waals surface area contributed by atoms with Crippen molar-refractivity contribution in [2.45, 2.75) is 13.8 Å². The predicted molar refractivity (Wildman–Crippen MR) is 79.7 cm³/mol. The van der Waals surface area contributed by atoms with Crippen LogP contribution < -0.4 is 4.90 Å². The number of carbonyl (C=O) groups excluding carboxylic acids is 1. The quantitative estimate of drug-likeness (QED) is 0.816. The molecule has 2 aromatic carbocycles. The minimum atomic E-state index is -0.340. The minimum Gasteiger partial charge on any atom is -0.334 e. The summed E-state index contributed by atoms with van der Waals surface area (Å²) in [6, 6.07) is 11.8. The van der Waals surface area contributed by atoms with Crippen LogP contribution in [0.15, 0.2) is 48.5 Å². The van der Waals surface area contributed by atoms with Crippen LogP contribution in [0, 0.1) is 17.6 Å². The van der Waals surface area contributed by atoms with E-state index in [1.807, 2.05) is 13.8 Å². The largest absolute Gasteiger partial charge is 0.334 e. The van der Waals surface area contributed by atoms with Crippen LogP contribution in [0.1, 0.15) is 13.8 Å². The zero-order valence-corrected chi connectivity index (χ0v) is 12.0. The van der Waals surface area contributed by atoms with Crippen molar-refractivity contribution < 1.29 is 13.6 Å². The fourth-order valence-corrected chi connectivity index (χ4v) is 1.91. The van der Waals surface area contributed by atoms with Crippen LogP contribution in [-0.2, 0) is 4.79 Å². The molecule has 0 heterocycles. The summed E-state index contributed by atoms with van der Waals surface area (Å²) in [6.45, 7) is 3.82. The standard InChI is InChI=1S/C17H17F2NO/c1-12(2)17(21)11-20(15-7-3-13(18)4-8-15)16-9-5-14(19)6-10-16/h3-10,12H,11H2,1-2H3. The Bertz CT molecular complexity index is 560. The van der Waals surface area contributed by atoms with Gasteiger partial charge in [0.05, 0.1) is 6.54 Å². The van der Waals surface area contributed by atoms with Gasteiger partial charge in [0.1, 0.15) is 11.6 Å². The van der Waals surface area contributed by atoms with Crippen molar-refractivity contribution in [3.05, 3.63) is 60.2 Å². The van der Waals surface area contributed by atoms with Crippen LogP contribution in [0.25, 0.3) is 0 Å². The van der Waals surface area contributed by atoms with Crippen molar-refractivity contribution in [2.75, 3.05) is 11.4 Å². The highest BCUT2D eigenvalue weighted by molar-refractivity contribution is 5.87. The second-order valence-electron chi connectivity index (χ2n) is 5.16. The van der Waals surface area contributed by atoms with Crippen molar-refractivity contribution in [1.29, 1.82) is 0 Å². The van der Waals surface area contributed by atoms with Crippen molar-refractivity contribution in [2.24, 2.45) is 5.92 Å². The third-order valence-electron chi connectivity index (χ3n) is 3.23. The van der Waals surface area contributed by atoms with Crippen molar-refractivity contribution in [3.8, 4) is 0 Å². The molecular weight excluding hydrogens is 272 g/mol. The van der Waals surface area contributed by atoms with E-state index < -0.39 is 0 Å². The normalized spacial score (nSPS) is 10.7. The highest BCUT2D eigenvalue weighted by Crippen LogP contribution is 2.26. The number of Topliss-reactive ketones (excluding diaryl/α,β-unsaturated/α-hetero) is 1. The molecule has 2 rings (SSSR count). The second-order valence-corrected chi connectivity index (χ2v) is 5.16. The van der Waals surface area contributed by atoms with E-state index in [2.05, 4.69) is 0 Å². The first-order chi connectivity index (χ1) is 9.97. The van der Waals surface area contributed by atoms with Gasteiger partial charge in [-0.1, -0.05) is 13.8 Å². The van der Waals surface area contributed by atoms with E-state index in [9.17, 15) is 13.6 Å². The Morgan fingerprint density at radius 2 is 1.29 bits per heavy atom. The van der Waals surface area contributed by atoms with E-state index in [1.165, 1.54) is 24.3 Å². The van der Waals surface area contributed by atoms with Crippen molar-refractivity contribution >= 4 is 17.2 Å². The summed E-state index contributed by atoms with van der Waals surface area (Å²) in [5.74, 6) is -0.724. The third-order valence-corrected chi connectivity index (χ3v) is 3.23. The smallest absolute Gasteiger partial charge is 0.155 e. The Morgan fingerprint density at radius 3 is 1.62 bits per heavy atom. The molecule has 0 amide bonds. The molecule has 0 unspecified atom stereocenters. The lowest BCUT2D eigenvalue weighted by molar-refractivity contribution is -0.120. The van der Waals surface area contributed by atoms with Crippen LogP contribution in [0.3, 0.4) is 0 Å².